The molecule has 0 spiro atoms. The van der Waals surface area contributed by atoms with Gasteiger partial charge in [-0.1, -0.05) is 13.8 Å². The van der Waals surface area contributed by atoms with Gasteiger partial charge in [-0.25, -0.2) is 0 Å². The number of hydrogen-bond donors (Lipinski definition) is 1. The topological polar surface area (TPSA) is 29.3 Å². The van der Waals surface area contributed by atoms with E-state index in [9.17, 15) is 0 Å². The Balaban J connectivity index is 2.07. The molecule has 1 heterocycles. The molecule has 0 aromatic heterocycles. The number of rotatable bonds is 5. The normalized spacial score (nSPS) is 36.4. The predicted molar refractivity (Wildman–Crippen MR) is 68.3 cm³/mol. The monoisotopic (exact) mass is 228 g/mol. The van der Waals surface area contributed by atoms with Crippen LogP contribution in [0.4, 0.5) is 0 Å². The number of nitrogens with zero attached hydrogens (tertiary/aromatic N) is 1. The van der Waals surface area contributed by atoms with Gasteiger partial charge in [0.05, 0.1) is 0 Å². The van der Waals surface area contributed by atoms with E-state index in [1.165, 1.54) is 38.0 Å². The van der Waals surface area contributed by atoms with Gasteiger partial charge in [-0.05, 0) is 32.2 Å². The first-order valence-electron chi connectivity index (χ1n) is 6.30. The average molecular weight is 228 g/mol. The summed E-state index contributed by atoms with van der Waals surface area (Å²) in [5.41, 5.74) is 6.41. The highest BCUT2D eigenvalue weighted by Crippen LogP contribution is 2.43. The third-order valence-corrected chi connectivity index (χ3v) is 5.19. The lowest BCUT2D eigenvalue weighted by Gasteiger charge is -2.40. The molecule has 1 aliphatic heterocycles. The maximum absolute atomic E-state index is 6.07. The second-order valence-electron chi connectivity index (χ2n) is 5.18. The molecule has 3 heteroatoms. The van der Waals surface area contributed by atoms with Gasteiger partial charge in [0.1, 0.15) is 0 Å². The molecule has 1 saturated heterocycles. The molecular formula is C12H24N2S. The molecule has 2 atom stereocenters. The maximum atomic E-state index is 6.07. The Bertz CT molecular complexity index is 218. The minimum absolute atomic E-state index is 0.335. The molecule has 2 N–H and O–H groups in total. The van der Waals surface area contributed by atoms with E-state index in [0.29, 0.717) is 5.54 Å². The predicted octanol–water partition coefficient (Wildman–Crippen LogP) is 2.08. The fourth-order valence-corrected chi connectivity index (χ4v) is 4.27. The van der Waals surface area contributed by atoms with Crippen LogP contribution < -0.4 is 5.73 Å². The molecule has 88 valence electrons. The summed E-state index contributed by atoms with van der Waals surface area (Å²) in [7, 11) is 0. The fourth-order valence-electron chi connectivity index (χ4n) is 2.84. The molecule has 15 heavy (non-hydrogen) atoms. The Morgan fingerprint density at radius 3 is 2.60 bits per heavy atom. The zero-order valence-electron chi connectivity index (χ0n) is 10.0. The van der Waals surface area contributed by atoms with E-state index >= 15 is 0 Å². The first-order valence-corrected chi connectivity index (χ1v) is 7.35. The van der Waals surface area contributed by atoms with Gasteiger partial charge in [-0.15, -0.1) is 0 Å². The Hall–Kier alpha value is 0.270. The minimum atomic E-state index is 0.335. The summed E-state index contributed by atoms with van der Waals surface area (Å²) in [6.45, 7) is 6.72. The minimum Gasteiger partial charge on any atom is -0.329 e. The first-order chi connectivity index (χ1) is 7.22. The van der Waals surface area contributed by atoms with Crippen LogP contribution in [0.3, 0.4) is 0 Å². The van der Waals surface area contributed by atoms with Crippen LogP contribution in [-0.2, 0) is 0 Å². The molecule has 2 aliphatic rings. The van der Waals surface area contributed by atoms with Crippen molar-refractivity contribution in [2.24, 2.45) is 5.73 Å². The highest BCUT2D eigenvalue weighted by Gasteiger charge is 2.46. The standard InChI is InChI=1S/C12H24N2S/c1-3-6-14(11-4-5-11)12(8-13)7-10(2)15-9-12/h10-11H,3-9,13H2,1-2H3. The molecule has 0 radical (unpaired) electrons. The quantitative estimate of drug-likeness (QED) is 0.781. The number of thioether (sulfide) groups is 1. The van der Waals surface area contributed by atoms with Gasteiger partial charge in [0.25, 0.3) is 0 Å². The first kappa shape index (κ1) is 11.7. The van der Waals surface area contributed by atoms with Crippen molar-refractivity contribution in [2.45, 2.75) is 56.4 Å². The Morgan fingerprint density at radius 2 is 2.20 bits per heavy atom. The molecule has 0 bridgehead atoms. The van der Waals surface area contributed by atoms with Gasteiger partial charge >= 0.3 is 0 Å². The molecule has 0 amide bonds. The smallest absolute Gasteiger partial charge is 0.0435 e. The molecule has 2 fully saturated rings. The van der Waals surface area contributed by atoms with Crippen molar-refractivity contribution in [3.63, 3.8) is 0 Å². The Kier molecular flexibility index (Phi) is 3.63. The van der Waals surface area contributed by atoms with Crippen molar-refractivity contribution in [2.75, 3.05) is 18.8 Å². The summed E-state index contributed by atoms with van der Waals surface area (Å²) in [5, 5.41) is 0.798. The van der Waals surface area contributed by atoms with E-state index in [2.05, 4.69) is 30.5 Å². The summed E-state index contributed by atoms with van der Waals surface area (Å²) >= 11 is 2.11. The molecule has 0 aromatic carbocycles. The maximum Gasteiger partial charge on any atom is 0.0435 e. The van der Waals surface area contributed by atoms with Crippen molar-refractivity contribution in [1.82, 2.24) is 4.90 Å². The van der Waals surface area contributed by atoms with Crippen LogP contribution in [0, 0.1) is 0 Å². The van der Waals surface area contributed by atoms with Crippen LogP contribution in [0.1, 0.15) is 39.5 Å². The summed E-state index contributed by atoms with van der Waals surface area (Å²) in [6.07, 6.45) is 5.36. The van der Waals surface area contributed by atoms with Crippen molar-refractivity contribution >= 4 is 11.8 Å². The third kappa shape index (κ3) is 2.34. The molecule has 0 aromatic rings. The van der Waals surface area contributed by atoms with Gasteiger partial charge in [0.15, 0.2) is 0 Å². The summed E-state index contributed by atoms with van der Waals surface area (Å²) in [6, 6.07) is 0.861. The second-order valence-corrected chi connectivity index (χ2v) is 6.61. The zero-order valence-corrected chi connectivity index (χ0v) is 10.9. The molecule has 1 aliphatic carbocycles. The third-order valence-electron chi connectivity index (χ3n) is 3.75. The number of hydrogen-bond acceptors (Lipinski definition) is 3. The lowest BCUT2D eigenvalue weighted by atomic mass is 9.93. The average Bonchev–Trinajstić information content (AvgIpc) is 2.99. The van der Waals surface area contributed by atoms with Crippen molar-refractivity contribution in [3.05, 3.63) is 0 Å². The van der Waals surface area contributed by atoms with Gasteiger partial charge in [0, 0.05) is 29.1 Å². The Morgan fingerprint density at radius 1 is 1.47 bits per heavy atom. The van der Waals surface area contributed by atoms with Gasteiger partial charge in [-0.3, -0.25) is 4.90 Å². The van der Waals surface area contributed by atoms with Crippen LogP contribution >= 0.6 is 11.8 Å². The van der Waals surface area contributed by atoms with E-state index in [4.69, 9.17) is 5.73 Å². The highest BCUT2D eigenvalue weighted by atomic mass is 32.2. The highest BCUT2D eigenvalue weighted by molar-refractivity contribution is 8.00. The molecule has 2 nitrogen and oxygen atoms in total. The molecule has 2 rings (SSSR count). The number of nitrogens with two attached hydrogens (primary N) is 1. The van der Waals surface area contributed by atoms with Crippen LogP contribution in [0.25, 0.3) is 0 Å². The lowest BCUT2D eigenvalue weighted by molar-refractivity contribution is 0.103. The van der Waals surface area contributed by atoms with Crippen LogP contribution in [-0.4, -0.2) is 40.6 Å². The molecule has 1 saturated carbocycles. The van der Waals surface area contributed by atoms with Crippen LogP contribution in [0.2, 0.25) is 0 Å². The van der Waals surface area contributed by atoms with E-state index in [0.717, 1.165) is 17.8 Å². The van der Waals surface area contributed by atoms with Crippen molar-refractivity contribution in [3.8, 4) is 0 Å². The van der Waals surface area contributed by atoms with Gasteiger partial charge in [0.2, 0.25) is 0 Å². The van der Waals surface area contributed by atoms with Crippen molar-refractivity contribution in [1.29, 1.82) is 0 Å². The second kappa shape index (κ2) is 4.64. The summed E-state index contributed by atoms with van der Waals surface area (Å²) < 4.78 is 0. The van der Waals surface area contributed by atoms with Crippen molar-refractivity contribution < 1.29 is 0 Å². The van der Waals surface area contributed by atoms with Crippen LogP contribution in [0.15, 0.2) is 0 Å². The zero-order chi connectivity index (χ0) is 10.9. The Labute approximate surface area is 98.0 Å². The van der Waals surface area contributed by atoms with E-state index < -0.39 is 0 Å². The van der Waals surface area contributed by atoms with E-state index in [1.807, 2.05) is 0 Å². The van der Waals surface area contributed by atoms with E-state index in [1.54, 1.807) is 0 Å². The lowest BCUT2D eigenvalue weighted by Crippen LogP contribution is -2.55. The summed E-state index contributed by atoms with van der Waals surface area (Å²) in [4.78, 5) is 2.74. The van der Waals surface area contributed by atoms with Gasteiger partial charge in [-0.2, -0.15) is 11.8 Å². The SMILES string of the molecule is CCCN(C1CC1)C1(CN)CSC(C)C1. The molecular weight excluding hydrogens is 204 g/mol. The fraction of sp³-hybridized carbons (Fsp3) is 1.00. The molecule has 2 unspecified atom stereocenters. The van der Waals surface area contributed by atoms with Gasteiger partial charge < -0.3 is 5.73 Å². The largest absolute Gasteiger partial charge is 0.329 e. The summed E-state index contributed by atoms with van der Waals surface area (Å²) in [5.74, 6) is 1.25. The van der Waals surface area contributed by atoms with E-state index in [-0.39, 0.29) is 0 Å². The van der Waals surface area contributed by atoms with Crippen LogP contribution in [0.5, 0.6) is 0 Å².